The summed E-state index contributed by atoms with van der Waals surface area (Å²) in [5, 5.41) is 3.92. The SMILES string of the molecule is C=CC(CCCCCC)c1ccc(-c2ccccc2CC)c(S(=O)(=O)Nc2onc(C)c2C)c1C. The van der Waals surface area contributed by atoms with Crippen molar-refractivity contribution in [1.82, 2.24) is 5.16 Å². The second-order valence-corrected chi connectivity index (χ2v) is 10.8. The molecule has 0 aliphatic carbocycles. The van der Waals surface area contributed by atoms with E-state index >= 15 is 0 Å². The van der Waals surface area contributed by atoms with Crippen LogP contribution in [0.5, 0.6) is 0 Å². The van der Waals surface area contributed by atoms with E-state index in [4.69, 9.17) is 4.52 Å². The molecule has 3 rings (SSSR count). The lowest BCUT2D eigenvalue weighted by molar-refractivity contribution is 0.430. The highest BCUT2D eigenvalue weighted by atomic mass is 32.2. The number of allylic oxidation sites excluding steroid dienone is 1. The Kier molecular flexibility index (Phi) is 8.95. The van der Waals surface area contributed by atoms with Crippen molar-refractivity contribution < 1.29 is 12.9 Å². The highest BCUT2D eigenvalue weighted by Crippen LogP contribution is 2.39. The summed E-state index contributed by atoms with van der Waals surface area (Å²) in [6.07, 6.45) is 8.33. The molecule has 5 nitrogen and oxygen atoms in total. The van der Waals surface area contributed by atoms with Crippen LogP contribution < -0.4 is 4.72 Å². The minimum Gasteiger partial charge on any atom is -0.337 e. The van der Waals surface area contributed by atoms with E-state index in [1.807, 2.05) is 43.3 Å². The molecular formula is C29H38N2O3S. The van der Waals surface area contributed by atoms with Crippen LogP contribution in [0.2, 0.25) is 0 Å². The number of nitrogens with zero attached hydrogens (tertiary/aromatic N) is 1. The molecule has 0 fully saturated rings. The summed E-state index contributed by atoms with van der Waals surface area (Å²) in [5.74, 6) is 0.243. The molecule has 0 radical (unpaired) electrons. The number of rotatable bonds is 12. The van der Waals surface area contributed by atoms with Crippen molar-refractivity contribution in [3.63, 3.8) is 0 Å². The molecule has 188 valence electrons. The molecule has 1 unspecified atom stereocenters. The normalized spacial score (nSPS) is 12.5. The van der Waals surface area contributed by atoms with E-state index in [1.165, 1.54) is 19.3 Å². The lowest BCUT2D eigenvalue weighted by atomic mass is 9.87. The molecule has 35 heavy (non-hydrogen) atoms. The summed E-state index contributed by atoms with van der Waals surface area (Å²) in [6.45, 7) is 13.8. The third kappa shape index (κ3) is 5.87. The Morgan fingerprint density at radius 1 is 1.00 bits per heavy atom. The Morgan fingerprint density at radius 2 is 1.74 bits per heavy atom. The number of benzene rings is 2. The minimum absolute atomic E-state index is 0.0885. The third-order valence-electron chi connectivity index (χ3n) is 6.84. The second kappa shape index (κ2) is 11.7. The Labute approximate surface area is 210 Å². The number of nitrogens with one attached hydrogen (secondary N) is 1. The summed E-state index contributed by atoms with van der Waals surface area (Å²) in [6, 6.07) is 12.0. The fourth-order valence-electron chi connectivity index (χ4n) is 4.63. The fraction of sp³-hybridized carbons (Fsp3) is 0.414. The molecule has 0 saturated heterocycles. The topological polar surface area (TPSA) is 72.2 Å². The van der Waals surface area contributed by atoms with Crippen LogP contribution in [0.25, 0.3) is 11.1 Å². The van der Waals surface area contributed by atoms with E-state index < -0.39 is 10.0 Å². The highest BCUT2D eigenvalue weighted by Gasteiger charge is 2.28. The van der Waals surface area contributed by atoms with Gasteiger partial charge < -0.3 is 4.52 Å². The molecule has 0 aliphatic rings. The number of aryl methyl sites for hydroxylation is 2. The number of hydrogen-bond acceptors (Lipinski definition) is 4. The van der Waals surface area contributed by atoms with Gasteiger partial charge in [-0.2, -0.15) is 0 Å². The molecule has 0 saturated carbocycles. The largest absolute Gasteiger partial charge is 0.337 e. The van der Waals surface area contributed by atoms with Gasteiger partial charge in [0.2, 0.25) is 5.88 Å². The summed E-state index contributed by atoms with van der Waals surface area (Å²) in [7, 11) is -3.97. The van der Waals surface area contributed by atoms with Gasteiger partial charge in [-0.05, 0) is 55.9 Å². The van der Waals surface area contributed by atoms with Gasteiger partial charge in [0, 0.05) is 17.0 Å². The number of hydrogen-bond donors (Lipinski definition) is 1. The average Bonchev–Trinajstić information content (AvgIpc) is 3.15. The molecule has 1 atom stereocenters. The smallest absolute Gasteiger partial charge is 0.265 e. The minimum atomic E-state index is -3.97. The maximum atomic E-state index is 13.9. The summed E-state index contributed by atoms with van der Waals surface area (Å²) >= 11 is 0. The first kappa shape index (κ1) is 26.7. The molecule has 1 aromatic heterocycles. The third-order valence-corrected chi connectivity index (χ3v) is 8.36. The molecule has 6 heteroatoms. The Bertz CT molecular complexity index is 1280. The van der Waals surface area contributed by atoms with Gasteiger partial charge in [-0.3, -0.25) is 0 Å². The zero-order valence-corrected chi connectivity index (χ0v) is 22.5. The monoisotopic (exact) mass is 494 g/mol. The van der Waals surface area contributed by atoms with Crippen molar-refractivity contribution in [3.05, 3.63) is 77.0 Å². The lowest BCUT2D eigenvalue weighted by Crippen LogP contribution is -2.17. The number of anilines is 1. The van der Waals surface area contributed by atoms with Crippen molar-refractivity contribution in [3.8, 4) is 11.1 Å². The van der Waals surface area contributed by atoms with Gasteiger partial charge in [0.25, 0.3) is 10.0 Å². The van der Waals surface area contributed by atoms with Crippen molar-refractivity contribution in [1.29, 1.82) is 0 Å². The second-order valence-electron chi connectivity index (χ2n) is 9.19. The van der Waals surface area contributed by atoms with E-state index in [1.54, 1.807) is 13.8 Å². The first-order valence-corrected chi connectivity index (χ1v) is 14.0. The first-order valence-electron chi connectivity index (χ1n) is 12.5. The summed E-state index contributed by atoms with van der Waals surface area (Å²) in [4.78, 5) is 0.282. The molecule has 0 amide bonds. The van der Waals surface area contributed by atoms with E-state index in [-0.39, 0.29) is 16.7 Å². The van der Waals surface area contributed by atoms with Gasteiger partial charge >= 0.3 is 0 Å². The molecular weight excluding hydrogens is 456 g/mol. The van der Waals surface area contributed by atoms with Crippen molar-refractivity contribution in [2.75, 3.05) is 4.72 Å². The predicted molar refractivity (Wildman–Crippen MR) is 144 cm³/mol. The molecule has 3 aromatic rings. The Hall–Kier alpha value is -2.86. The number of unbranched alkanes of at least 4 members (excludes halogenated alkanes) is 3. The van der Waals surface area contributed by atoms with E-state index in [2.05, 4.69) is 36.4 Å². The number of aromatic nitrogens is 1. The summed E-state index contributed by atoms with van der Waals surface area (Å²) < 4.78 is 35.8. The van der Waals surface area contributed by atoms with Crippen LogP contribution in [0.3, 0.4) is 0 Å². The maximum Gasteiger partial charge on any atom is 0.265 e. The lowest BCUT2D eigenvalue weighted by Gasteiger charge is -2.22. The molecule has 1 heterocycles. The van der Waals surface area contributed by atoms with Crippen molar-refractivity contribution in [2.45, 2.75) is 84.0 Å². The van der Waals surface area contributed by atoms with Gasteiger partial charge in [0.05, 0.1) is 10.6 Å². The van der Waals surface area contributed by atoms with Gasteiger partial charge in [-0.25, -0.2) is 13.1 Å². The standard InChI is InChI=1S/C29H38N2O3S/c1-7-10-11-12-15-23(8-2)25-18-19-27(26-17-14-13-16-24(26)9-3)28(21(25)5)35(32,33)31-29-20(4)22(6)30-34-29/h8,13-14,16-19,23,31H,2,7,9-12,15H2,1,3-6H3. The predicted octanol–water partition coefficient (Wildman–Crippen LogP) is 7.87. The number of sulfonamides is 1. The van der Waals surface area contributed by atoms with Crippen LogP contribution in [0.1, 0.15) is 79.8 Å². The fourth-order valence-corrected chi connectivity index (χ4v) is 6.16. The molecule has 1 N–H and O–H groups in total. The van der Waals surface area contributed by atoms with Crippen LogP contribution in [-0.4, -0.2) is 13.6 Å². The van der Waals surface area contributed by atoms with Gasteiger partial charge in [-0.15, -0.1) is 6.58 Å². The van der Waals surface area contributed by atoms with Crippen LogP contribution in [0.4, 0.5) is 5.88 Å². The van der Waals surface area contributed by atoms with E-state index in [0.29, 0.717) is 16.8 Å². The van der Waals surface area contributed by atoms with Crippen LogP contribution >= 0.6 is 0 Å². The zero-order valence-electron chi connectivity index (χ0n) is 21.6. The average molecular weight is 495 g/mol. The Morgan fingerprint density at radius 3 is 2.37 bits per heavy atom. The van der Waals surface area contributed by atoms with Crippen LogP contribution in [0, 0.1) is 20.8 Å². The Balaban J connectivity index is 2.17. The highest BCUT2D eigenvalue weighted by molar-refractivity contribution is 7.93. The molecule has 0 aliphatic heterocycles. The quantitative estimate of drug-likeness (QED) is 0.205. The molecule has 2 aromatic carbocycles. The molecule has 0 spiro atoms. The van der Waals surface area contributed by atoms with Crippen molar-refractivity contribution in [2.24, 2.45) is 0 Å². The molecule has 0 bridgehead atoms. The van der Waals surface area contributed by atoms with Crippen LogP contribution in [0.15, 0.2) is 58.5 Å². The van der Waals surface area contributed by atoms with Gasteiger partial charge in [-0.1, -0.05) is 87.2 Å². The van der Waals surface area contributed by atoms with Gasteiger partial charge in [0.15, 0.2) is 0 Å². The maximum absolute atomic E-state index is 13.9. The van der Waals surface area contributed by atoms with Gasteiger partial charge in [0.1, 0.15) is 0 Å². The van der Waals surface area contributed by atoms with E-state index in [0.717, 1.165) is 41.5 Å². The van der Waals surface area contributed by atoms with Crippen LogP contribution in [-0.2, 0) is 16.4 Å². The first-order chi connectivity index (χ1) is 16.7. The van der Waals surface area contributed by atoms with Crippen molar-refractivity contribution >= 4 is 15.9 Å². The van der Waals surface area contributed by atoms with E-state index in [9.17, 15) is 8.42 Å². The summed E-state index contributed by atoms with van der Waals surface area (Å²) in [5.41, 5.74) is 5.80. The zero-order chi connectivity index (χ0) is 25.6.